The normalized spacial score (nSPS) is 15.1. The van der Waals surface area contributed by atoms with Gasteiger partial charge >= 0.3 is 0 Å². The van der Waals surface area contributed by atoms with E-state index in [4.69, 9.17) is 4.74 Å². The van der Waals surface area contributed by atoms with E-state index in [1.807, 2.05) is 24.3 Å². The smallest absolute Gasteiger partial charge is 0.238 e. The van der Waals surface area contributed by atoms with E-state index in [0.717, 1.165) is 25.3 Å². The van der Waals surface area contributed by atoms with E-state index in [0.29, 0.717) is 18.3 Å². The average Bonchev–Trinajstić information content (AvgIpc) is 2.36. The summed E-state index contributed by atoms with van der Waals surface area (Å²) in [6.07, 6.45) is 0. The zero-order chi connectivity index (χ0) is 13.7. The Morgan fingerprint density at radius 2 is 2.21 bits per heavy atom. The van der Waals surface area contributed by atoms with Crippen molar-refractivity contribution in [2.24, 2.45) is 0 Å². The molecule has 2 rings (SSSR count). The van der Waals surface area contributed by atoms with Gasteiger partial charge in [-0.15, -0.1) is 0 Å². The van der Waals surface area contributed by atoms with Crippen molar-refractivity contribution in [3.05, 3.63) is 24.3 Å². The minimum Gasteiger partial charge on any atom is -0.495 e. The highest BCUT2D eigenvalue weighted by atomic mass is 16.5. The second-order valence-corrected chi connectivity index (χ2v) is 4.62. The maximum atomic E-state index is 12.1. The standard InChI is InChI=1S/C14H21N3O2/c1-3-17(11-8-15-9-11)10-14(18)16-12-6-4-5-7-13(12)19-2/h4-7,11,15H,3,8-10H2,1-2H3,(H,16,18). The van der Waals surface area contributed by atoms with E-state index >= 15 is 0 Å². The topological polar surface area (TPSA) is 53.6 Å². The van der Waals surface area contributed by atoms with Gasteiger partial charge < -0.3 is 15.4 Å². The molecule has 0 spiro atoms. The lowest BCUT2D eigenvalue weighted by Crippen LogP contribution is -2.58. The van der Waals surface area contributed by atoms with Gasteiger partial charge in [0.1, 0.15) is 5.75 Å². The van der Waals surface area contributed by atoms with Crippen molar-refractivity contribution in [1.29, 1.82) is 0 Å². The third-order valence-electron chi connectivity index (χ3n) is 3.41. The third kappa shape index (κ3) is 3.45. The van der Waals surface area contributed by atoms with E-state index in [1.54, 1.807) is 7.11 Å². The van der Waals surface area contributed by atoms with Crippen molar-refractivity contribution in [2.45, 2.75) is 13.0 Å². The number of nitrogens with zero attached hydrogens (tertiary/aromatic N) is 1. The number of benzene rings is 1. The second kappa shape index (κ2) is 6.54. The summed E-state index contributed by atoms with van der Waals surface area (Å²) in [6.45, 7) is 5.31. The number of nitrogens with one attached hydrogen (secondary N) is 2. The Kier molecular flexibility index (Phi) is 4.76. The number of anilines is 1. The Morgan fingerprint density at radius 1 is 1.47 bits per heavy atom. The predicted octanol–water partition coefficient (Wildman–Crippen LogP) is 0.927. The third-order valence-corrected chi connectivity index (χ3v) is 3.41. The number of rotatable bonds is 6. The summed E-state index contributed by atoms with van der Waals surface area (Å²) in [5, 5.41) is 6.13. The van der Waals surface area contributed by atoms with Gasteiger partial charge in [0, 0.05) is 19.1 Å². The highest BCUT2D eigenvalue weighted by Gasteiger charge is 2.24. The van der Waals surface area contributed by atoms with Gasteiger partial charge in [-0.1, -0.05) is 19.1 Å². The molecule has 0 atom stereocenters. The maximum Gasteiger partial charge on any atom is 0.238 e. The van der Waals surface area contributed by atoms with E-state index in [9.17, 15) is 4.79 Å². The quantitative estimate of drug-likeness (QED) is 0.801. The summed E-state index contributed by atoms with van der Waals surface area (Å²) in [4.78, 5) is 14.2. The summed E-state index contributed by atoms with van der Waals surface area (Å²) in [6, 6.07) is 7.92. The van der Waals surface area contributed by atoms with Gasteiger partial charge in [0.25, 0.3) is 0 Å². The lowest BCUT2D eigenvalue weighted by molar-refractivity contribution is -0.118. The van der Waals surface area contributed by atoms with E-state index in [2.05, 4.69) is 22.5 Å². The van der Waals surface area contributed by atoms with Gasteiger partial charge in [0.2, 0.25) is 5.91 Å². The Morgan fingerprint density at radius 3 is 2.79 bits per heavy atom. The molecule has 1 fully saturated rings. The van der Waals surface area contributed by atoms with Gasteiger partial charge in [-0.05, 0) is 18.7 Å². The van der Waals surface area contributed by atoms with Crippen LogP contribution in [0, 0.1) is 0 Å². The molecule has 1 aromatic carbocycles. The zero-order valence-corrected chi connectivity index (χ0v) is 11.5. The fourth-order valence-electron chi connectivity index (χ4n) is 2.15. The van der Waals surface area contributed by atoms with Crippen molar-refractivity contribution in [3.8, 4) is 5.75 Å². The molecule has 5 heteroatoms. The number of ether oxygens (including phenoxy) is 1. The van der Waals surface area contributed by atoms with Gasteiger partial charge in [-0.3, -0.25) is 9.69 Å². The lowest BCUT2D eigenvalue weighted by Gasteiger charge is -2.37. The van der Waals surface area contributed by atoms with Gasteiger partial charge in [-0.25, -0.2) is 0 Å². The second-order valence-electron chi connectivity index (χ2n) is 4.62. The summed E-state index contributed by atoms with van der Waals surface area (Å²) in [5.74, 6) is 0.683. The number of hydrogen-bond acceptors (Lipinski definition) is 4. The van der Waals surface area contributed by atoms with Crippen LogP contribution >= 0.6 is 0 Å². The molecule has 0 radical (unpaired) electrons. The molecule has 19 heavy (non-hydrogen) atoms. The number of hydrogen-bond donors (Lipinski definition) is 2. The van der Waals surface area contributed by atoms with Crippen LogP contribution in [0.15, 0.2) is 24.3 Å². The van der Waals surface area contributed by atoms with Crippen molar-refractivity contribution in [2.75, 3.05) is 38.6 Å². The molecule has 0 unspecified atom stereocenters. The molecule has 1 saturated heterocycles. The summed E-state index contributed by atoms with van der Waals surface area (Å²) in [5.41, 5.74) is 0.720. The van der Waals surface area contributed by atoms with Crippen LogP contribution in [0.2, 0.25) is 0 Å². The number of amides is 1. The number of likely N-dealkylation sites (N-methyl/N-ethyl adjacent to an activating group) is 1. The fourth-order valence-corrected chi connectivity index (χ4v) is 2.15. The number of carbonyl (C=O) groups is 1. The molecule has 0 aliphatic carbocycles. The van der Waals surface area contributed by atoms with Gasteiger partial charge in [0.05, 0.1) is 19.3 Å². The van der Waals surface area contributed by atoms with E-state index in [1.165, 1.54) is 0 Å². The number of carbonyl (C=O) groups excluding carboxylic acids is 1. The highest BCUT2D eigenvalue weighted by Crippen LogP contribution is 2.22. The van der Waals surface area contributed by atoms with Crippen LogP contribution in [0.5, 0.6) is 5.75 Å². The van der Waals surface area contributed by atoms with Crippen LogP contribution in [0.25, 0.3) is 0 Å². The molecule has 1 aromatic rings. The minimum atomic E-state index is -0.00162. The fraction of sp³-hybridized carbons (Fsp3) is 0.500. The average molecular weight is 263 g/mol. The number of methoxy groups -OCH3 is 1. The summed E-state index contributed by atoms with van der Waals surface area (Å²) < 4.78 is 5.22. The van der Waals surface area contributed by atoms with Crippen molar-refractivity contribution in [1.82, 2.24) is 10.2 Å². The van der Waals surface area contributed by atoms with Crippen molar-refractivity contribution >= 4 is 11.6 Å². The molecule has 0 saturated carbocycles. The Labute approximate surface area is 113 Å². The molecular weight excluding hydrogens is 242 g/mol. The molecule has 104 valence electrons. The minimum absolute atomic E-state index is 0.00162. The highest BCUT2D eigenvalue weighted by molar-refractivity contribution is 5.93. The van der Waals surface area contributed by atoms with Crippen LogP contribution in [0.4, 0.5) is 5.69 Å². The molecule has 5 nitrogen and oxygen atoms in total. The number of para-hydroxylation sites is 2. The Balaban J connectivity index is 1.92. The Bertz CT molecular complexity index is 432. The molecular formula is C14H21N3O2. The molecule has 2 N–H and O–H groups in total. The summed E-state index contributed by atoms with van der Waals surface area (Å²) in [7, 11) is 1.60. The molecule has 1 aliphatic heterocycles. The molecule has 0 aromatic heterocycles. The summed E-state index contributed by atoms with van der Waals surface area (Å²) >= 11 is 0. The first-order valence-corrected chi connectivity index (χ1v) is 6.62. The Hall–Kier alpha value is -1.59. The maximum absolute atomic E-state index is 12.1. The van der Waals surface area contributed by atoms with Gasteiger partial charge in [0.15, 0.2) is 0 Å². The van der Waals surface area contributed by atoms with Crippen LogP contribution < -0.4 is 15.4 Å². The first-order valence-electron chi connectivity index (χ1n) is 6.62. The van der Waals surface area contributed by atoms with Gasteiger partial charge in [-0.2, -0.15) is 0 Å². The SMILES string of the molecule is CCN(CC(=O)Nc1ccccc1OC)C1CNC1. The van der Waals surface area contributed by atoms with Crippen LogP contribution in [-0.2, 0) is 4.79 Å². The van der Waals surface area contributed by atoms with E-state index in [-0.39, 0.29) is 5.91 Å². The first-order chi connectivity index (χ1) is 9.24. The largest absolute Gasteiger partial charge is 0.495 e. The van der Waals surface area contributed by atoms with Crippen LogP contribution in [0.3, 0.4) is 0 Å². The lowest BCUT2D eigenvalue weighted by atomic mass is 10.1. The monoisotopic (exact) mass is 263 g/mol. The molecule has 1 aliphatic rings. The molecule has 1 amide bonds. The van der Waals surface area contributed by atoms with Crippen molar-refractivity contribution in [3.63, 3.8) is 0 Å². The van der Waals surface area contributed by atoms with Crippen molar-refractivity contribution < 1.29 is 9.53 Å². The van der Waals surface area contributed by atoms with Crippen LogP contribution in [0.1, 0.15) is 6.92 Å². The molecule has 1 heterocycles. The first kappa shape index (κ1) is 13.8. The van der Waals surface area contributed by atoms with E-state index < -0.39 is 0 Å². The zero-order valence-electron chi connectivity index (χ0n) is 11.5. The van der Waals surface area contributed by atoms with Crippen LogP contribution in [-0.4, -0.2) is 50.1 Å². The predicted molar refractivity (Wildman–Crippen MR) is 75.5 cm³/mol. The molecule has 0 bridgehead atoms.